The summed E-state index contributed by atoms with van der Waals surface area (Å²) in [6, 6.07) is 0.305. The summed E-state index contributed by atoms with van der Waals surface area (Å²) in [6.07, 6.45) is 3.53. The lowest BCUT2D eigenvalue weighted by molar-refractivity contribution is -0.135. The van der Waals surface area contributed by atoms with Gasteiger partial charge in [0.2, 0.25) is 5.91 Å². The van der Waals surface area contributed by atoms with Gasteiger partial charge in [-0.1, -0.05) is 13.3 Å². The average Bonchev–Trinajstić information content (AvgIpc) is 2.01. The van der Waals surface area contributed by atoms with Gasteiger partial charge in [-0.15, -0.1) is 0 Å². The van der Waals surface area contributed by atoms with E-state index in [0.29, 0.717) is 6.04 Å². The number of aliphatic hydroxyl groups is 1. The van der Waals surface area contributed by atoms with Crippen LogP contribution in [0.15, 0.2) is 0 Å². The van der Waals surface area contributed by atoms with Gasteiger partial charge in [0.25, 0.3) is 0 Å². The van der Waals surface area contributed by atoms with Crippen LogP contribution in [0.1, 0.15) is 39.5 Å². The molecule has 1 fully saturated rings. The number of carbonyl (C=O) groups is 1. The Labute approximate surface area is 79.7 Å². The van der Waals surface area contributed by atoms with Crippen molar-refractivity contribution in [2.24, 2.45) is 0 Å². The summed E-state index contributed by atoms with van der Waals surface area (Å²) in [6.45, 7) is 4.58. The first-order valence-corrected chi connectivity index (χ1v) is 5.10. The van der Waals surface area contributed by atoms with Crippen molar-refractivity contribution in [3.63, 3.8) is 0 Å². The van der Waals surface area contributed by atoms with Gasteiger partial charge >= 0.3 is 0 Å². The van der Waals surface area contributed by atoms with Crippen molar-refractivity contribution in [2.45, 2.75) is 51.7 Å². The fourth-order valence-electron chi connectivity index (χ4n) is 1.74. The molecule has 0 radical (unpaired) electrons. The standard InChI is InChI=1S/C10H19NO2/c1-3-4-5-11(8(2)12)9-6-10(13)7-9/h9-10,13H,3-7H2,1-2H3. The molecule has 1 rings (SSSR count). The van der Waals surface area contributed by atoms with Crippen LogP contribution in [0, 0.1) is 0 Å². The summed E-state index contributed by atoms with van der Waals surface area (Å²) in [4.78, 5) is 13.1. The number of hydrogen-bond acceptors (Lipinski definition) is 2. The van der Waals surface area contributed by atoms with Gasteiger partial charge in [-0.25, -0.2) is 0 Å². The Morgan fingerprint density at radius 1 is 1.54 bits per heavy atom. The lowest BCUT2D eigenvalue weighted by Gasteiger charge is -2.40. The van der Waals surface area contributed by atoms with Crippen LogP contribution in [0.25, 0.3) is 0 Å². The first-order valence-electron chi connectivity index (χ1n) is 5.10. The number of unbranched alkanes of at least 4 members (excludes halogenated alkanes) is 1. The minimum Gasteiger partial charge on any atom is -0.393 e. The number of carbonyl (C=O) groups excluding carboxylic acids is 1. The van der Waals surface area contributed by atoms with Crippen molar-refractivity contribution in [1.29, 1.82) is 0 Å². The molecule has 3 heteroatoms. The van der Waals surface area contributed by atoms with E-state index in [1.54, 1.807) is 6.92 Å². The molecule has 1 aliphatic rings. The number of aliphatic hydroxyl groups excluding tert-OH is 1. The first-order chi connectivity index (χ1) is 6.15. The van der Waals surface area contributed by atoms with Crippen molar-refractivity contribution >= 4 is 5.91 Å². The molecule has 0 aliphatic heterocycles. The van der Waals surface area contributed by atoms with E-state index in [4.69, 9.17) is 5.11 Å². The van der Waals surface area contributed by atoms with Crippen LogP contribution < -0.4 is 0 Å². The molecule has 1 saturated carbocycles. The first kappa shape index (κ1) is 10.5. The maximum atomic E-state index is 11.2. The van der Waals surface area contributed by atoms with Crippen LogP contribution in [-0.2, 0) is 4.79 Å². The fraction of sp³-hybridized carbons (Fsp3) is 0.900. The molecule has 0 heterocycles. The predicted molar refractivity (Wildman–Crippen MR) is 51.3 cm³/mol. The van der Waals surface area contributed by atoms with Crippen molar-refractivity contribution in [1.82, 2.24) is 4.90 Å². The molecule has 3 nitrogen and oxygen atoms in total. The summed E-state index contributed by atoms with van der Waals surface area (Å²) in [5.74, 6) is 0.144. The minimum atomic E-state index is -0.173. The Hall–Kier alpha value is -0.570. The molecule has 13 heavy (non-hydrogen) atoms. The SMILES string of the molecule is CCCCN(C(C)=O)C1CC(O)C1. The highest BCUT2D eigenvalue weighted by Crippen LogP contribution is 2.25. The summed E-state index contributed by atoms with van der Waals surface area (Å²) in [7, 11) is 0. The zero-order valence-corrected chi connectivity index (χ0v) is 8.49. The second kappa shape index (κ2) is 4.61. The van der Waals surface area contributed by atoms with Gasteiger partial charge in [0, 0.05) is 19.5 Å². The summed E-state index contributed by atoms with van der Waals surface area (Å²) in [5, 5.41) is 9.14. The number of rotatable bonds is 4. The highest BCUT2D eigenvalue weighted by Gasteiger charge is 2.33. The van der Waals surface area contributed by atoms with Gasteiger partial charge in [0.1, 0.15) is 0 Å². The lowest BCUT2D eigenvalue weighted by atomic mass is 9.88. The van der Waals surface area contributed by atoms with Crippen molar-refractivity contribution < 1.29 is 9.90 Å². The summed E-state index contributed by atoms with van der Waals surface area (Å²) >= 11 is 0. The van der Waals surface area contributed by atoms with Crippen LogP contribution in [0.4, 0.5) is 0 Å². The van der Waals surface area contributed by atoms with Crippen LogP contribution in [0.2, 0.25) is 0 Å². The van der Waals surface area contributed by atoms with Gasteiger partial charge in [0.15, 0.2) is 0 Å². The average molecular weight is 185 g/mol. The Kier molecular flexibility index (Phi) is 3.72. The zero-order valence-electron chi connectivity index (χ0n) is 8.49. The van der Waals surface area contributed by atoms with Crippen LogP contribution in [0.5, 0.6) is 0 Å². The predicted octanol–water partition coefficient (Wildman–Crippen LogP) is 1.16. The molecule has 0 unspecified atom stereocenters. The minimum absolute atomic E-state index is 0.144. The molecule has 0 bridgehead atoms. The molecule has 0 aromatic rings. The molecule has 76 valence electrons. The maximum absolute atomic E-state index is 11.2. The zero-order chi connectivity index (χ0) is 9.84. The molecule has 0 aromatic carbocycles. The van der Waals surface area contributed by atoms with Gasteiger partial charge in [-0.2, -0.15) is 0 Å². The topological polar surface area (TPSA) is 40.5 Å². The van der Waals surface area contributed by atoms with E-state index < -0.39 is 0 Å². The second-order valence-electron chi connectivity index (χ2n) is 3.85. The van der Waals surface area contributed by atoms with Crippen molar-refractivity contribution in [3.05, 3.63) is 0 Å². The highest BCUT2D eigenvalue weighted by atomic mass is 16.3. The fourth-order valence-corrected chi connectivity index (χ4v) is 1.74. The Morgan fingerprint density at radius 3 is 2.54 bits per heavy atom. The third-order valence-electron chi connectivity index (χ3n) is 2.69. The monoisotopic (exact) mass is 185 g/mol. The van der Waals surface area contributed by atoms with Gasteiger partial charge in [-0.05, 0) is 19.3 Å². The van der Waals surface area contributed by atoms with Crippen molar-refractivity contribution in [2.75, 3.05) is 6.54 Å². The molecule has 0 saturated heterocycles. The van der Waals surface area contributed by atoms with Gasteiger partial charge in [0.05, 0.1) is 6.10 Å². The lowest BCUT2D eigenvalue weighted by Crippen LogP contribution is -2.49. The normalized spacial score (nSPS) is 26.7. The summed E-state index contributed by atoms with van der Waals surface area (Å²) < 4.78 is 0. The largest absolute Gasteiger partial charge is 0.393 e. The number of hydrogen-bond donors (Lipinski definition) is 1. The molecule has 0 aromatic heterocycles. The molecule has 0 spiro atoms. The molecular formula is C10H19NO2. The Morgan fingerprint density at radius 2 is 2.15 bits per heavy atom. The van der Waals surface area contributed by atoms with Crippen LogP contribution in [-0.4, -0.2) is 34.6 Å². The Balaban J connectivity index is 2.34. The van der Waals surface area contributed by atoms with Gasteiger partial charge in [-0.3, -0.25) is 4.79 Å². The van der Waals surface area contributed by atoms with E-state index >= 15 is 0 Å². The quantitative estimate of drug-likeness (QED) is 0.714. The number of amides is 1. The van der Waals surface area contributed by atoms with Crippen molar-refractivity contribution in [3.8, 4) is 0 Å². The molecular weight excluding hydrogens is 166 g/mol. The highest BCUT2D eigenvalue weighted by molar-refractivity contribution is 5.73. The molecule has 1 aliphatic carbocycles. The molecule has 0 atom stereocenters. The van der Waals surface area contributed by atoms with E-state index in [1.165, 1.54) is 0 Å². The molecule has 1 N–H and O–H groups in total. The van der Waals surface area contributed by atoms with E-state index in [-0.39, 0.29) is 12.0 Å². The third kappa shape index (κ3) is 2.69. The second-order valence-corrected chi connectivity index (χ2v) is 3.85. The van der Waals surface area contributed by atoms with Crippen LogP contribution in [0.3, 0.4) is 0 Å². The Bertz CT molecular complexity index is 176. The maximum Gasteiger partial charge on any atom is 0.219 e. The molecule has 1 amide bonds. The third-order valence-corrected chi connectivity index (χ3v) is 2.69. The van der Waals surface area contributed by atoms with E-state index in [1.807, 2.05) is 4.90 Å². The smallest absolute Gasteiger partial charge is 0.219 e. The van der Waals surface area contributed by atoms with E-state index in [0.717, 1.165) is 32.2 Å². The van der Waals surface area contributed by atoms with E-state index in [9.17, 15) is 4.79 Å². The van der Waals surface area contributed by atoms with E-state index in [2.05, 4.69) is 6.92 Å². The number of nitrogens with zero attached hydrogens (tertiary/aromatic N) is 1. The van der Waals surface area contributed by atoms with Gasteiger partial charge < -0.3 is 10.0 Å². The summed E-state index contributed by atoms with van der Waals surface area (Å²) in [5.41, 5.74) is 0. The van der Waals surface area contributed by atoms with Crippen LogP contribution >= 0.6 is 0 Å².